The van der Waals surface area contributed by atoms with Gasteiger partial charge in [0.15, 0.2) is 5.96 Å². The Kier molecular flexibility index (Phi) is 6.69. The smallest absolute Gasteiger partial charge is 0.213 e. The summed E-state index contributed by atoms with van der Waals surface area (Å²) in [6.45, 7) is 6.24. The molecular weight excluding hydrogens is 366 g/mol. The van der Waals surface area contributed by atoms with Gasteiger partial charge in [0, 0.05) is 19.6 Å². The van der Waals surface area contributed by atoms with Crippen LogP contribution in [0.1, 0.15) is 56.7 Å². The molecule has 2 heterocycles. The van der Waals surface area contributed by atoms with Crippen molar-refractivity contribution in [3.05, 3.63) is 11.6 Å². The summed E-state index contributed by atoms with van der Waals surface area (Å²) in [6, 6.07) is 0.0334. The van der Waals surface area contributed by atoms with E-state index in [0.29, 0.717) is 25.0 Å². The maximum absolute atomic E-state index is 12.1. The van der Waals surface area contributed by atoms with Gasteiger partial charge in [-0.05, 0) is 45.4 Å². The monoisotopic (exact) mass is 397 g/mol. The minimum absolute atomic E-state index is 0.00372. The second-order valence-corrected chi connectivity index (χ2v) is 9.23. The fraction of sp³-hybridized carbons (Fsp3) is 0.824. The third kappa shape index (κ3) is 5.65. The highest BCUT2D eigenvalue weighted by Gasteiger charge is 2.24. The van der Waals surface area contributed by atoms with Gasteiger partial charge >= 0.3 is 0 Å². The van der Waals surface area contributed by atoms with E-state index in [1.165, 1.54) is 6.42 Å². The molecule has 3 N–H and O–H groups in total. The topological polar surface area (TPSA) is 113 Å². The van der Waals surface area contributed by atoms with E-state index in [4.69, 9.17) is 0 Å². The molecule has 1 unspecified atom stereocenters. The number of sulfonamides is 1. The number of guanidine groups is 1. The second-order valence-electron chi connectivity index (χ2n) is 7.30. The summed E-state index contributed by atoms with van der Waals surface area (Å²) in [5, 5.41) is 11.0. The zero-order valence-corrected chi connectivity index (χ0v) is 17.1. The number of nitrogens with zero attached hydrogens (tertiary/aromatic N) is 4. The number of aromatic nitrogens is 3. The summed E-state index contributed by atoms with van der Waals surface area (Å²) in [4.78, 5) is 8.97. The van der Waals surface area contributed by atoms with Gasteiger partial charge in [0.1, 0.15) is 11.6 Å². The molecule has 2 aliphatic rings. The molecule has 1 saturated carbocycles. The molecule has 152 valence electrons. The number of aryl methyl sites for hydroxylation is 2. The summed E-state index contributed by atoms with van der Waals surface area (Å²) >= 11 is 0. The van der Waals surface area contributed by atoms with Gasteiger partial charge in [-0.1, -0.05) is 6.42 Å². The molecular formula is C17H31N7O2S. The first-order valence-corrected chi connectivity index (χ1v) is 11.6. The highest BCUT2D eigenvalue weighted by Crippen LogP contribution is 2.25. The van der Waals surface area contributed by atoms with Gasteiger partial charge in [0.25, 0.3) is 0 Å². The fourth-order valence-corrected chi connectivity index (χ4v) is 4.35. The van der Waals surface area contributed by atoms with E-state index in [0.717, 1.165) is 43.9 Å². The molecule has 1 atom stereocenters. The van der Waals surface area contributed by atoms with Crippen molar-refractivity contribution in [3.8, 4) is 0 Å². The van der Waals surface area contributed by atoms with Crippen LogP contribution < -0.4 is 15.4 Å². The zero-order valence-electron chi connectivity index (χ0n) is 16.2. The standard InChI is InChI=1S/C17H31N7O2S/c1-3-18-17(19-9-11-27(25,26)20-12-14-6-4-7-14)22-15-8-5-10-24-16(15)21-13(2)23-24/h14-15,20H,3-12H2,1-2H3,(H2,18,19,22). The molecule has 10 heteroatoms. The van der Waals surface area contributed by atoms with Crippen LogP contribution in [0.2, 0.25) is 0 Å². The molecule has 0 aromatic carbocycles. The maximum Gasteiger partial charge on any atom is 0.213 e. The predicted octanol–water partition coefficient (Wildman–Crippen LogP) is 0.696. The molecule has 0 spiro atoms. The summed E-state index contributed by atoms with van der Waals surface area (Å²) in [6.07, 6.45) is 5.43. The van der Waals surface area contributed by atoms with Gasteiger partial charge in [-0.3, -0.25) is 4.99 Å². The largest absolute Gasteiger partial charge is 0.357 e. The molecule has 1 aliphatic carbocycles. The predicted molar refractivity (Wildman–Crippen MR) is 105 cm³/mol. The highest BCUT2D eigenvalue weighted by atomic mass is 32.2. The van der Waals surface area contributed by atoms with Gasteiger partial charge in [0.2, 0.25) is 10.0 Å². The van der Waals surface area contributed by atoms with Crippen molar-refractivity contribution in [2.75, 3.05) is 25.4 Å². The molecule has 3 rings (SSSR count). The van der Waals surface area contributed by atoms with E-state index in [2.05, 4.69) is 30.4 Å². The number of hydrogen-bond acceptors (Lipinski definition) is 5. The van der Waals surface area contributed by atoms with Crippen molar-refractivity contribution in [3.63, 3.8) is 0 Å². The van der Waals surface area contributed by atoms with E-state index >= 15 is 0 Å². The van der Waals surface area contributed by atoms with Crippen LogP contribution in [-0.4, -0.2) is 54.5 Å². The molecule has 27 heavy (non-hydrogen) atoms. The Labute approximate surface area is 161 Å². The molecule has 0 radical (unpaired) electrons. The van der Waals surface area contributed by atoms with Crippen molar-refractivity contribution in [2.45, 2.75) is 58.5 Å². The third-order valence-corrected chi connectivity index (χ3v) is 6.41. The van der Waals surface area contributed by atoms with Crippen LogP contribution in [0.4, 0.5) is 0 Å². The van der Waals surface area contributed by atoms with Crippen molar-refractivity contribution < 1.29 is 8.42 Å². The lowest BCUT2D eigenvalue weighted by Crippen LogP contribution is -2.42. The SMILES string of the molecule is CCNC(=NCCS(=O)(=O)NCC1CCC1)NC1CCCn2nc(C)nc21. The summed E-state index contributed by atoms with van der Waals surface area (Å²) in [5.41, 5.74) is 0. The van der Waals surface area contributed by atoms with Crippen LogP contribution in [0.5, 0.6) is 0 Å². The van der Waals surface area contributed by atoms with Crippen LogP contribution in [0.25, 0.3) is 0 Å². The molecule has 1 aromatic heterocycles. The number of nitrogens with one attached hydrogen (secondary N) is 3. The number of hydrogen-bond donors (Lipinski definition) is 3. The van der Waals surface area contributed by atoms with Crippen LogP contribution >= 0.6 is 0 Å². The van der Waals surface area contributed by atoms with Crippen molar-refractivity contribution >= 4 is 16.0 Å². The van der Waals surface area contributed by atoms with E-state index < -0.39 is 10.0 Å². The van der Waals surface area contributed by atoms with Crippen molar-refractivity contribution in [2.24, 2.45) is 10.9 Å². The zero-order chi connectivity index (χ0) is 19.3. The lowest BCUT2D eigenvalue weighted by Gasteiger charge is -2.25. The summed E-state index contributed by atoms with van der Waals surface area (Å²) in [7, 11) is -3.28. The molecule has 1 aliphatic heterocycles. The molecule has 0 amide bonds. The van der Waals surface area contributed by atoms with Gasteiger partial charge in [-0.2, -0.15) is 5.10 Å². The summed E-state index contributed by atoms with van der Waals surface area (Å²) in [5.74, 6) is 2.81. The Hall–Kier alpha value is -1.68. The Balaban J connectivity index is 1.55. The third-order valence-electron chi connectivity index (χ3n) is 5.08. The Morgan fingerprint density at radius 1 is 1.30 bits per heavy atom. The lowest BCUT2D eigenvalue weighted by atomic mass is 9.86. The fourth-order valence-electron chi connectivity index (χ4n) is 3.38. The Morgan fingerprint density at radius 3 is 2.81 bits per heavy atom. The second kappa shape index (κ2) is 9.01. The van der Waals surface area contributed by atoms with E-state index in [9.17, 15) is 8.42 Å². The average Bonchev–Trinajstić information content (AvgIpc) is 2.94. The molecule has 0 bridgehead atoms. The van der Waals surface area contributed by atoms with Gasteiger partial charge < -0.3 is 10.6 Å². The Bertz CT molecular complexity index is 755. The molecule has 1 fully saturated rings. The summed E-state index contributed by atoms with van der Waals surface area (Å²) < 4.78 is 28.9. The highest BCUT2D eigenvalue weighted by molar-refractivity contribution is 7.89. The van der Waals surface area contributed by atoms with Crippen LogP contribution in [-0.2, 0) is 16.6 Å². The van der Waals surface area contributed by atoms with Crippen LogP contribution in [0, 0.1) is 12.8 Å². The van der Waals surface area contributed by atoms with E-state index in [1.54, 1.807) is 0 Å². The number of aliphatic imine (C=N–C) groups is 1. The van der Waals surface area contributed by atoms with Gasteiger partial charge in [0.05, 0.1) is 18.3 Å². The minimum Gasteiger partial charge on any atom is -0.357 e. The van der Waals surface area contributed by atoms with Gasteiger partial charge in [-0.15, -0.1) is 0 Å². The van der Waals surface area contributed by atoms with E-state index in [-0.39, 0.29) is 18.3 Å². The quantitative estimate of drug-likeness (QED) is 0.439. The first kappa shape index (κ1) is 20.1. The first-order chi connectivity index (χ1) is 13.0. The normalized spacial score (nSPS) is 20.8. The number of rotatable bonds is 8. The van der Waals surface area contributed by atoms with Gasteiger partial charge in [-0.25, -0.2) is 22.8 Å². The minimum atomic E-state index is -3.28. The first-order valence-electron chi connectivity index (χ1n) is 9.90. The lowest BCUT2D eigenvalue weighted by molar-refractivity contribution is 0.316. The molecule has 1 aromatic rings. The molecule has 9 nitrogen and oxygen atoms in total. The van der Waals surface area contributed by atoms with E-state index in [1.807, 2.05) is 18.5 Å². The van der Waals surface area contributed by atoms with Crippen LogP contribution in [0.3, 0.4) is 0 Å². The van der Waals surface area contributed by atoms with Crippen molar-refractivity contribution in [1.82, 2.24) is 30.1 Å². The molecule has 0 saturated heterocycles. The maximum atomic E-state index is 12.1. The average molecular weight is 398 g/mol. The van der Waals surface area contributed by atoms with Crippen molar-refractivity contribution in [1.29, 1.82) is 0 Å². The van der Waals surface area contributed by atoms with Crippen LogP contribution in [0.15, 0.2) is 4.99 Å². The number of fused-ring (bicyclic) bond motifs is 1. The Morgan fingerprint density at radius 2 is 2.11 bits per heavy atom.